The molecule has 0 aliphatic rings. The molecule has 0 radical (unpaired) electrons. The first-order valence-corrected chi connectivity index (χ1v) is 9.18. The molecule has 0 bridgehead atoms. The van der Waals surface area contributed by atoms with Gasteiger partial charge in [-0.25, -0.2) is 8.42 Å². The summed E-state index contributed by atoms with van der Waals surface area (Å²) in [7, 11) is 0.155. The first-order valence-electron chi connectivity index (χ1n) is 7.29. The maximum absolute atomic E-state index is 12.3. The Bertz CT molecular complexity index is 816. The largest absolute Gasteiger partial charge is 0.350 e. The lowest BCUT2D eigenvalue weighted by Gasteiger charge is -2.15. The monoisotopic (exact) mass is 351 g/mol. The number of likely N-dealkylation sites (N-methyl/N-ethyl adjacent to an activating group) is 1. The summed E-state index contributed by atoms with van der Waals surface area (Å²) >= 11 is 0. The molecule has 3 N–H and O–H groups in total. The Labute approximate surface area is 141 Å². The van der Waals surface area contributed by atoms with Gasteiger partial charge >= 0.3 is 0 Å². The van der Waals surface area contributed by atoms with E-state index in [1.54, 1.807) is 49.4 Å². The molecule has 8 nitrogen and oxygen atoms in total. The number of carbonyl (C=O) groups is 1. The number of nitrogens with zero attached hydrogens (tertiary/aromatic N) is 2. The lowest BCUT2D eigenvalue weighted by atomic mass is 10.1. The van der Waals surface area contributed by atoms with E-state index in [1.165, 1.54) is 0 Å². The van der Waals surface area contributed by atoms with Crippen molar-refractivity contribution in [2.45, 2.75) is 12.6 Å². The number of hydrogen-bond acceptors (Lipinski definition) is 5. The van der Waals surface area contributed by atoms with E-state index in [2.05, 4.69) is 20.5 Å². The van der Waals surface area contributed by atoms with Crippen molar-refractivity contribution in [3.63, 3.8) is 0 Å². The summed E-state index contributed by atoms with van der Waals surface area (Å²) in [4.78, 5) is 12.3. The Kier molecular flexibility index (Phi) is 5.58. The Morgan fingerprint density at radius 1 is 1.38 bits per heavy atom. The molecule has 1 amide bonds. The van der Waals surface area contributed by atoms with Crippen molar-refractivity contribution in [3.05, 3.63) is 47.8 Å². The average molecular weight is 351 g/mol. The van der Waals surface area contributed by atoms with Crippen LogP contribution in [-0.2, 0) is 28.4 Å². The first kappa shape index (κ1) is 18.0. The predicted molar refractivity (Wildman–Crippen MR) is 91.8 cm³/mol. The number of amides is 1. The van der Waals surface area contributed by atoms with Gasteiger partial charge < -0.3 is 10.6 Å². The Hall–Kier alpha value is -2.39. The SMILES string of the molecule is CNC(C(=O)NCc1cccc(NS(C)(=O)=O)c1)c1cnn(C)c1. The summed E-state index contributed by atoms with van der Waals surface area (Å²) in [6, 6.07) is 6.37. The minimum atomic E-state index is -3.33. The normalized spacial score (nSPS) is 12.6. The van der Waals surface area contributed by atoms with Crippen LogP contribution >= 0.6 is 0 Å². The van der Waals surface area contributed by atoms with Crippen LogP contribution < -0.4 is 15.4 Å². The molecule has 9 heteroatoms. The fourth-order valence-corrected chi connectivity index (χ4v) is 2.84. The van der Waals surface area contributed by atoms with Gasteiger partial charge in [0.15, 0.2) is 0 Å². The van der Waals surface area contributed by atoms with Crippen molar-refractivity contribution in [2.24, 2.45) is 7.05 Å². The lowest BCUT2D eigenvalue weighted by molar-refractivity contribution is -0.123. The van der Waals surface area contributed by atoms with E-state index in [0.29, 0.717) is 5.69 Å². The molecule has 2 rings (SSSR count). The van der Waals surface area contributed by atoms with Crippen LogP contribution in [0.4, 0.5) is 5.69 Å². The molecule has 0 saturated heterocycles. The molecule has 0 fully saturated rings. The van der Waals surface area contributed by atoms with E-state index in [1.807, 2.05) is 6.07 Å². The van der Waals surface area contributed by atoms with Crippen LogP contribution in [0.5, 0.6) is 0 Å². The van der Waals surface area contributed by atoms with Crippen LogP contribution in [0.1, 0.15) is 17.2 Å². The first-order chi connectivity index (χ1) is 11.3. The topological polar surface area (TPSA) is 105 Å². The Morgan fingerprint density at radius 3 is 2.71 bits per heavy atom. The molecule has 0 aliphatic carbocycles. The minimum absolute atomic E-state index is 0.188. The highest BCUT2D eigenvalue weighted by Gasteiger charge is 2.19. The predicted octanol–water partition coefficient (Wildman–Crippen LogP) is 0.369. The quantitative estimate of drug-likeness (QED) is 0.668. The number of rotatable bonds is 7. The number of aromatic nitrogens is 2. The molecule has 1 aromatic heterocycles. The standard InChI is InChI=1S/C15H21N5O3S/c1-16-14(12-9-18-20(2)10-12)15(21)17-8-11-5-4-6-13(7-11)19-24(3,22)23/h4-7,9-10,14,16,19H,8H2,1-3H3,(H,17,21). The molecule has 0 spiro atoms. The number of nitrogens with one attached hydrogen (secondary N) is 3. The summed E-state index contributed by atoms with van der Waals surface area (Å²) < 4.78 is 26.6. The van der Waals surface area contributed by atoms with Crippen LogP contribution in [0.15, 0.2) is 36.7 Å². The van der Waals surface area contributed by atoms with Crippen LogP contribution in [0.25, 0.3) is 0 Å². The van der Waals surface area contributed by atoms with E-state index in [0.717, 1.165) is 17.4 Å². The molecule has 0 saturated carbocycles. The van der Waals surface area contributed by atoms with Crippen molar-refractivity contribution < 1.29 is 13.2 Å². The van der Waals surface area contributed by atoms with E-state index in [-0.39, 0.29) is 12.5 Å². The van der Waals surface area contributed by atoms with E-state index in [4.69, 9.17) is 0 Å². The molecule has 1 heterocycles. The second kappa shape index (κ2) is 7.45. The van der Waals surface area contributed by atoms with Gasteiger partial charge in [-0.2, -0.15) is 5.10 Å². The van der Waals surface area contributed by atoms with Crippen molar-refractivity contribution in [1.82, 2.24) is 20.4 Å². The van der Waals surface area contributed by atoms with Gasteiger partial charge in [0.25, 0.3) is 0 Å². The van der Waals surface area contributed by atoms with E-state index < -0.39 is 16.1 Å². The van der Waals surface area contributed by atoms with Gasteiger partial charge in [-0.15, -0.1) is 0 Å². The molecular weight excluding hydrogens is 330 g/mol. The van der Waals surface area contributed by atoms with Gasteiger partial charge in [-0.05, 0) is 24.7 Å². The van der Waals surface area contributed by atoms with Crippen LogP contribution in [0, 0.1) is 0 Å². The number of sulfonamides is 1. The highest BCUT2D eigenvalue weighted by molar-refractivity contribution is 7.92. The summed E-state index contributed by atoms with van der Waals surface area (Å²) in [6.07, 6.45) is 4.50. The summed E-state index contributed by atoms with van der Waals surface area (Å²) in [5.74, 6) is -0.188. The molecular formula is C15H21N5O3S. The van der Waals surface area contributed by atoms with Gasteiger partial charge in [0.05, 0.1) is 12.5 Å². The molecule has 1 atom stereocenters. The second-order valence-corrected chi connectivity index (χ2v) is 7.21. The highest BCUT2D eigenvalue weighted by atomic mass is 32.2. The van der Waals surface area contributed by atoms with E-state index in [9.17, 15) is 13.2 Å². The van der Waals surface area contributed by atoms with Crippen molar-refractivity contribution >= 4 is 21.6 Å². The maximum Gasteiger partial charge on any atom is 0.242 e. The zero-order valence-electron chi connectivity index (χ0n) is 13.8. The van der Waals surface area contributed by atoms with Gasteiger partial charge in [0.1, 0.15) is 6.04 Å². The number of aryl methyl sites for hydroxylation is 1. The average Bonchev–Trinajstić information content (AvgIpc) is 2.91. The van der Waals surface area contributed by atoms with Crippen LogP contribution in [0.3, 0.4) is 0 Å². The minimum Gasteiger partial charge on any atom is -0.350 e. The fourth-order valence-electron chi connectivity index (χ4n) is 2.29. The molecule has 2 aromatic rings. The summed E-state index contributed by atoms with van der Waals surface area (Å²) in [5, 5.41) is 9.85. The Morgan fingerprint density at radius 2 is 2.12 bits per heavy atom. The zero-order chi connectivity index (χ0) is 17.7. The highest BCUT2D eigenvalue weighted by Crippen LogP contribution is 2.14. The third kappa shape index (κ3) is 5.07. The molecule has 1 aromatic carbocycles. The molecule has 24 heavy (non-hydrogen) atoms. The van der Waals surface area contributed by atoms with Crippen molar-refractivity contribution in [2.75, 3.05) is 18.0 Å². The number of carbonyl (C=O) groups excluding carboxylic acids is 1. The number of hydrogen-bond donors (Lipinski definition) is 3. The van der Waals surface area contributed by atoms with Crippen LogP contribution in [0.2, 0.25) is 0 Å². The van der Waals surface area contributed by atoms with Crippen LogP contribution in [-0.4, -0.2) is 37.4 Å². The molecule has 1 unspecified atom stereocenters. The summed E-state index contributed by atoms with van der Waals surface area (Å²) in [6.45, 7) is 0.288. The van der Waals surface area contributed by atoms with E-state index >= 15 is 0 Å². The zero-order valence-corrected chi connectivity index (χ0v) is 14.6. The third-order valence-electron chi connectivity index (χ3n) is 3.31. The third-order valence-corrected chi connectivity index (χ3v) is 3.91. The Balaban J connectivity index is 2.02. The summed E-state index contributed by atoms with van der Waals surface area (Å²) in [5.41, 5.74) is 2.02. The number of anilines is 1. The fraction of sp³-hybridized carbons (Fsp3) is 0.333. The van der Waals surface area contributed by atoms with Gasteiger partial charge in [0, 0.05) is 31.0 Å². The smallest absolute Gasteiger partial charge is 0.242 e. The van der Waals surface area contributed by atoms with Gasteiger partial charge in [-0.1, -0.05) is 12.1 Å². The second-order valence-electron chi connectivity index (χ2n) is 5.46. The molecule has 130 valence electrons. The lowest BCUT2D eigenvalue weighted by Crippen LogP contribution is -2.35. The van der Waals surface area contributed by atoms with Crippen molar-refractivity contribution in [1.29, 1.82) is 0 Å². The molecule has 0 aliphatic heterocycles. The van der Waals surface area contributed by atoms with Gasteiger partial charge in [-0.3, -0.25) is 14.2 Å². The maximum atomic E-state index is 12.3. The van der Waals surface area contributed by atoms with Gasteiger partial charge in [0.2, 0.25) is 15.9 Å². The van der Waals surface area contributed by atoms with Crippen molar-refractivity contribution in [3.8, 4) is 0 Å². The number of benzene rings is 1.